The molecular formula is C31H37FN6O2. The largest absolute Gasteiger partial charge is 0.494 e. The zero-order valence-corrected chi connectivity index (χ0v) is 23.4. The molecule has 0 unspecified atom stereocenters. The lowest BCUT2D eigenvalue weighted by Gasteiger charge is -2.33. The first-order valence-corrected chi connectivity index (χ1v) is 14.5. The summed E-state index contributed by atoms with van der Waals surface area (Å²) in [4.78, 5) is 25.1. The Kier molecular flexibility index (Phi) is 6.11. The van der Waals surface area contributed by atoms with Gasteiger partial charge in [-0.3, -0.25) is 4.79 Å². The molecule has 8 nitrogen and oxygen atoms in total. The number of likely N-dealkylation sites (tertiary alicyclic amines) is 1. The van der Waals surface area contributed by atoms with Crippen LogP contribution in [0.3, 0.4) is 0 Å². The second-order valence-corrected chi connectivity index (χ2v) is 12.3. The highest BCUT2D eigenvalue weighted by Crippen LogP contribution is 2.42. The Morgan fingerprint density at radius 3 is 2.62 bits per heavy atom. The van der Waals surface area contributed by atoms with Crippen LogP contribution in [0.5, 0.6) is 5.75 Å². The number of rotatable bonds is 6. The van der Waals surface area contributed by atoms with Crippen LogP contribution in [0.2, 0.25) is 0 Å². The third-order valence-corrected chi connectivity index (χ3v) is 9.04. The van der Waals surface area contributed by atoms with Gasteiger partial charge >= 0.3 is 0 Å². The minimum Gasteiger partial charge on any atom is -0.494 e. The predicted octanol–water partition coefficient (Wildman–Crippen LogP) is 5.03. The number of aromatic nitrogens is 4. The van der Waals surface area contributed by atoms with Crippen LogP contribution in [0.25, 0.3) is 33.6 Å². The number of fused-ring (bicyclic) bond motifs is 2. The molecule has 0 spiro atoms. The van der Waals surface area contributed by atoms with Crippen molar-refractivity contribution < 1.29 is 13.9 Å². The highest BCUT2D eigenvalue weighted by atomic mass is 19.1. The van der Waals surface area contributed by atoms with Crippen molar-refractivity contribution in [3.63, 3.8) is 0 Å². The number of hydrogen-bond acceptors (Lipinski definition) is 5. The molecule has 0 radical (unpaired) electrons. The zero-order chi connectivity index (χ0) is 27.7. The predicted molar refractivity (Wildman–Crippen MR) is 153 cm³/mol. The van der Waals surface area contributed by atoms with Crippen molar-refractivity contribution in [2.45, 2.75) is 63.7 Å². The first-order valence-electron chi connectivity index (χ1n) is 14.5. The molecule has 1 aromatic carbocycles. The molecule has 2 N–H and O–H groups in total. The first-order chi connectivity index (χ1) is 19.3. The number of piperidine rings is 1. The number of alkyl halides is 1. The highest BCUT2D eigenvalue weighted by Gasteiger charge is 2.32. The molecule has 40 heavy (non-hydrogen) atoms. The van der Waals surface area contributed by atoms with Crippen LogP contribution in [0.1, 0.15) is 61.0 Å². The first kappa shape index (κ1) is 25.5. The standard InChI is InChI=1S/C31H37FN6O2/c1-17-8-20(9-17)24-7-6-19-11-26(38(29(19)34-24)14-18-4-5-18)30-35-25-10-21(12-27(40-3)28(25)36(30)2)31(39)37-15-22(32)13-23(33)16-37/h6-7,10-12,17-18,20,22-23H,4-5,8-9,13-16,33H2,1-3H3/t17?,20?,22-,23-/m1/s1. The molecule has 2 atom stereocenters. The normalized spacial score (nSPS) is 25.0. The van der Waals surface area contributed by atoms with E-state index in [4.69, 9.17) is 20.4 Å². The molecule has 2 saturated carbocycles. The van der Waals surface area contributed by atoms with E-state index in [0.29, 0.717) is 35.2 Å². The minimum atomic E-state index is -1.12. The van der Waals surface area contributed by atoms with Gasteiger partial charge in [0.05, 0.1) is 24.9 Å². The Balaban J connectivity index is 1.32. The lowest BCUT2D eigenvalue weighted by Crippen LogP contribution is -2.50. The molecule has 4 heterocycles. The Labute approximate surface area is 233 Å². The smallest absolute Gasteiger partial charge is 0.254 e. The fourth-order valence-corrected chi connectivity index (χ4v) is 6.68. The third kappa shape index (κ3) is 4.35. The number of halogens is 1. The maximum absolute atomic E-state index is 14.2. The van der Waals surface area contributed by atoms with Crippen LogP contribution in [0.15, 0.2) is 30.3 Å². The lowest BCUT2D eigenvalue weighted by molar-refractivity contribution is 0.0606. The zero-order valence-electron chi connectivity index (χ0n) is 23.4. The average Bonchev–Trinajstić information content (AvgIpc) is 3.59. The van der Waals surface area contributed by atoms with Crippen molar-refractivity contribution >= 4 is 28.0 Å². The molecule has 1 aliphatic heterocycles. The molecule has 3 fully saturated rings. The van der Waals surface area contributed by atoms with Crippen molar-refractivity contribution in [1.82, 2.24) is 24.0 Å². The van der Waals surface area contributed by atoms with Gasteiger partial charge < -0.3 is 24.5 Å². The second-order valence-electron chi connectivity index (χ2n) is 12.3. The minimum absolute atomic E-state index is 0.0520. The molecule has 7 rings (SSSR count). The number of benzene rings is 1. The number of nitrogens with zero attached hydrogens (tertiary/aromatic N) is 5. The highest BCUT2D eigenvalue weighted by molar-refractivity contribution is 6.00. The molecule has 4 aromatic rings. The van der Waals surface area contributed by atoms with E-state index in [-0.39, 0.29) is 24.9 Å². The van der Waals surface area contributed by atoms with E-state index in [2.05, 4.69) is 29.7 Å². The van der Waals surface area contributed by atoms with Crippen molar-refractivity contribution in [3.8, 4) is 17.3 Å². The molecule has 9 heteroatoms. The van der Waals surface area contributed by atoms with Crippen molar-refractivity contribution in [2.75, 3.05) is 20.2 Å². The maximum atomic E-state index is 14.2. The van der Waals surface area contributed by atoms with Crippen LogP contribution in [0, 0.1) is 11.8 Å². The summed E-state index contributed by atoms with van der Waals surface area (Å²) in [5.74, 6) is 3.09. The molecule has 210 valence electrons. The van der Waals surface area contributed by atoms with Crippen molar-refractivity contribution in [1.29, 1.82) is 0 Å². The Bertz CT molecular complexity index is 1610. The van der Waals surface area contributed by atoms with E-state index >= 15 is 0 Å². The van der Waals surface area contributed by atoms with Gasteiger partial charge in [0.15, 0.2) is 5.82 Å². The SMILES string of the molecule is COc1cc(C(=O)N2C[C@H](N)C[C@@H](F)C2)cc2nc(-c3cc4ccc(C5CC(C)C5)nc4n3CC3CC3)n(C)c12. The summed E-state index contributed by atoms with van der Waals surface area (Å²) in [5, 5.41) is 1.11. The molecule has 3 aliphatic rings. The van der Waals surface area contributed by atoms with E-state index in [9.17, 15) is 9.18 Å². The number of ether oxygens (including phenoxy) is 1. The van der Waals surface area contributed by atoms with Gasteiger partial charge in [0.2, 0.25) is 0 Å². The van der Waals surface area contributed by atoms with Gasteiger partial charge in [0.25, 0.3) is 5.91 Å². The molecule has 1 amide bonds. The molecule has 0 bridgehead atoms. The summed E-state index contributed by atoms with van der Waals surface area (Å²) >= 11 is 0. The number of methoxy groups -OCH3 is 1. The monoisotopic (exact) mass is 544 g/mol. The second kappa shape index (κ2) is 9.58. The number of hydrogen-bond donors (Lipinski definition) is 1. The summed E-state index contributed by atoms with van der Waals surface area (Å²) in [6.07, 6.45) is 4.04. The van der Waals surface area contributed by atoms with Crippen molar-refractivity contribution in [2.24, 2.45) is 24.6 Å². The number of pyridine rings is 1. The topological polar surface area (TPSA) is 91.2 Å². The number of amides is 1. The van der Waals surface area contributed by atoms with Gasteiger partial charge in [0.1, 0.15) is 23.1 Å². The van der Waals surface area contributed by atoms with Gasteiger partial charge in [-0.05, 0) is 74.3 Å². The molecular weight excluding hydrogens is 507 g/mol. The van der Waals surface area contributed by atoms with E-state index in [1.54, 1.807) is 19.2 Å². The van der Waals surface area contributed by atoms with Crippen molar-refractivity contribution in [3.05, 3.63) is 41.6 Å². The molecule has 3 aromatic heterocycles. The molecule has 1 saturated heterocycles. The van der Waals surface area contributed by atoms with E-state index < -0.39 is 6.17 Å². The summed E-state index contributed by atoms with van der Waals surface area (Å²) in [6, 6.07) is 9.74. The number of carbonyl (C=O) groups excluding carboxylic acids is 1. The van der Waals surface area contributed by atoms with Gasteiger partial charge in [0, 0.05) is 48.7 Å². The van der Waals surface area contributed by atoms with Crippen LogP contribution in [-0.4, -0.2) is 62.3 Å². The van der Waals surface area contributed by atoms with Gasteiger partial charge in [-0.2, -0.15) is 0 Å². The van der Waals surface area contributed by atoms with Crippen LogP contribution in [0.4, 0.5) is 4.39 Å². The Morgan fingerprint density at radius 2 is 1.93 bits per heavy atom. The number of carbonyl (C=O) groups is 1. The van der Waals surface area contributed by atoms with Gasteiger partial charge in [-0.1, -0.05) is 6.92 Å². The van der Waals surface area contributed by atoms with Crippen LogP contribution in [-0.2, 0) is 13.6 Å². The Morgan fingerprint density at radius 1 is 1.12 bits per heavy atom. The fourth-order valence-electron chi connectivity index (χ4n) is 6.68. The number of imidazole rings is 1. The average molecular weight is 545 g/mol. The Hall–Kier alpha value is -3.46. The third-order valence-electron chi connectivity index (χ3n) is 9.04. The molecule has 2 aliphatic carbocycles. The van der Waals surface area contributed by atoms with Gasteiger partial charge in [-0.25, -0.2) is 14.4 Å². The lowest BCUT2D eigenvalue weighted by atomic mass is 9.74. The summed E-state index contributed by atoms with van der Waals surface area (Å²) in [7, 11) is 3.58. The van der Waals surface area contributed by atoms with E-state index in [1.807, 2.05) is 11.6 Å². The summed E-state index contributed by atoms with van der Waals surface area (Å²) in [5.41, 5.74) is 11.1. The quantitative estimate of drug-likeness (QED) is 0.368. The summed E-state index contributed by atoms with van der Waals surface area (Å²) < 4.78 is 24.4. The van der Waals surface area contributed by atoms with Crippen LogP contribution < -0.4 is 10.5 Å². The number of nitrogens with two attached hydrogens (primary N) is 1. The van der Waals surface area contributed by atoms with Gasteiger partial charge in [-0.15, -0.1) is 0 Å². The van der Waals surface area contributed by atoms with E-state index in [1.165, 1.54) is 36.3 Å². The maximum Gasteiger partial charge on any atom is 0.254 e. The van der Waals surface area contributed by atoms with Crippen LogP contribution >= 0.6 is 0 Å². The fraction of sp³-hybridized carbons (Fsp3) is 0.516. The number of aryl methyl sites for hydroxylation is 1. The van der Waals surface area contributed by atoms with E-state index in [0.717, 1.165) is 40.5 Å². The summed E-state index contributed by atoms with van der Waals surface area (Å²) in [6.45, 7) is 3.61.